The van der Waals surface area contributed by atoms with Crippen molar-refractivity contribution in [3.8, 4) is 17.2 Å². The lowest BCUT2D eigenvalue weighted by atomic mass is 10.1. The third kappa shape index (κ3) is 4.14. The summed E-state index contributed by atoms with van der Waals surface area (Å²) in [5, 5.41) is 3.68. The molecule has 0 spiro atoms. The Morgan fingerprint density at radius 1 is 1.08 bits per heavy atom. The van der Waals surface area contributed by atoms with Gasteiger partial charge in [0, 0.05) is 4.90 Å². The number of thioether (sulfide) groups is 1. The van der Waals surface area contributed by atoms with Gasteiger partial charge >= 0.3 is 6.18 Å². The first-order chi connectivity index (χ1) is 12.0. The molecule has 1 heterocycles. The predicted octanol–water partition coefficient (Wildman–Crippen LogP) is 5.06. The maximum absolute atomic E-state index is 13.1. The molecule has 0 aliphatic rings. The zero-order chi connectivity index (χ0) is 17.9. The summed E-state index contributed by atoms with van der Waals surface area (Å²) in [7, 11) is 0. The molecule has 0 atom stereocenters. The molecule has 0 aliphatic heterocycles. The van der Waals surface area contributed by atoms with Gasteiger partial charge < -0.3 is 9.26 Å². The number of ether oxygens (including phenoxy) is 1. The molecule has 3 rings (SSSR count). The van der Waals surface area contributed by atoms with Gasteiger partial charge in [-0.15, -0.1) is 11.8 Å². The van der Waals surface area contributed by atoms with Crippen LogP contribution in [0, 0.1) is 0 Å². The molecule has 0 bridgehead atoms. The molecule has 0 unspecified atom stereocenters. The second-order valence-electron chi connectivity index (χ2n) is 5.02. The van der Waals surface area contributed by atoms with Gasteiger partial charge in [-0.05, 0) is 42.7 Å². The van der Waals surface area contributed by atoms with Crippen LogP contribution in [0.5, 0.6) is 5.75 Å². The third-order valence-corrected chi connectivity index (χ3v) is 4.10. The Labute approximate surface area is 146 Å². The highest BCUT2D eigenvalue weighted by molar-refractivity contribution is 7.98. The van der Waals surface area contributed by atoms with Crippen molar-refractivity contribution in [2.45, 2.75) is 17.7 Å². The molecule has 130 valence electrons. The average Bonchev–Trinajstić information content (AvgIpc) is 3.08. The van der Waals surface area contributed by atoms with Gasteiger partial charge in [0.05, 0.1) is 11.1 Å². The minimum Gasteiger partial charge on any atom is -0.485 e. The number of hydrogen-bond donors (Lipinski definition) is 0. The van der Waals surface area contributed by atoms with Crippen LogP contribution in [0.2, 0.25) is 0 Å². The molecule has 0 saturated carbocycles. The molecular formula is C17H13F3N2O2S. The maximum atomic E-state index is 13.1. The van der Waals surface area contributed by atoms with E-state index in [0.29, 0.717) is 5.75 Å². The van der Waals surface area contributed by atoms with Crippen molar-refractivity contribution in [3.63, 3.8) is 0 Å². The number of alkyl halides is 3. The second-order valence-corrected chi connectivity index (χ2v) is 5.90. The van der Waals surface area contributed by atoms with Crippen molar-refractivity contribution in [1.82, 2.24) is 10.1 Å². The van der Waals surface area contributed by atoms with Crippen LogP contribution in [0.15, 0.2) is 57.9 Å². The van der Waals surface area contributed by atoms with Gasteiger partial charge in [0.2, 0.25) is 5.82 Å². The molecule has 0 saturated heterocycles. The van der Waals surface area contributed by atoms with Gasteiger partial charge in [-0.2, -0.15) is 18.2 Å². The predicted molar refractivity (Wildman–Crippen MR) is 87.3 cm³/mol. The van der Waals surface area contributed by atoms with E-state index in [1.54, 1.807) is 23.9 Å². The molecule has 0 fully saturated rings. The van der Waals surface area contributed by atoms with Crippen molar-refractivity contribution in [2.24, 2.45) is 0 Å². The molecule has 25 heavy (non-hydrogen) atoms. The lowest BCUT2D eigenvalue weighted by Gasteiger charge is -2.09. The van der Waals surface area contributed by atoms with E-state index in [1.807, 2.05) is 18.4 Å². The summed E-state index contributed by atoms with van der Waals surface area (Å²) >= 11 is 1.61. The Morgan fingerprint density at radius 3 is 2.48 bits per heavy atom. The molecule has 2 aromatic carbocycles. The van der Waals surface area contributed by atoms with Crippen molar-refractivity contribution in [2.75, 3.05) is 6.26 Å². The van der Waals surface area contributed by atoms with Crippen LogP contribution in [0.4, 0.5) is 13.2 Å². The summed E-state index contributed by atoms with van der Waals surface area (Å²) in [4.78, 5) is 5.09. The molecule has 0 amide bonds. The largest absolute Gasteiger partial charge is 0.485 e. The van der Waals surface area contributed by atoms with E-state index in [-0.39, 0.29) is 23.9 Å². The minimum absolute atomic E-state index is 0.00367. The molecule has 8 heteroatoms. The van der Waals surface area contributed by atoms with Gasteiger partial charge in [-0.25, -0.2) is 0 Å². The van der Waals surface area contributed by atoms with Gasteiger partial charge in [-0.1, -0.05) is 17.3 Å². The fraction of sp³-hybridized carbons (Fsp3) is 0.176. The molecule has 3 aromatic rings. The lowest BCUT2D eigenvalue weighted by molar-refractivity contribution is -0.137. The van der Waals surface area contributed by atoms with E-state index < -0.39 is 11.7 Å². The number of hydrogen-bond acceptors (Lipinski definition) is 5. The number of halogens is 3. The van der Waals surface area contributed by atoms with Crippen LogP contribution in [0.1, 0.15) is 11.4 Å². The van der Waals surface area contributed by atoms with Crippen LogP contribution in [-0.4, -0.2) is 16.4 Å². The fourth-order valence-electron chi connectivity index (χ4n) is 2.16. The summed E-state index contributed by atoms with van der Waals surface area (Å²) in [5.41, 5.74) is -0.975. The summed E-state index contributed by atoms with van der Waals surface area (Å²) in [6.45, 7) is -0.00367. The highest BCUT2D eigenvalue weighted by atomic mass is 32.2. The molecule has 4 nitrogen and oxygen atoms in total. The van der Waals surface area contributed by atoms with E-state index >= 15 is 0 Å². The normalized spacial score (nSPS) is 11.5. The smallest absolute Gasteiger partial charge is 0.417 e. The Balaban J connectivity index is 1.75. The molecule has 0 radical (unpaired) electrons. The highest BCUT2D eigenvalue weighted by Crippen LogP contribution is 2.36. The highest BCUT2D eigenvalue weighted by Gasteiger charge is 2.34. The summed E-state index contributed by atoms with van der Waals surface area (Å²) in [6.07, 6.45) is -2.53. The third-order valence-electron chi connectivity index (χ3n) is 3.36. The average molecular weight is 366 g/mol. The first-order valence-corrected chi connectivity index (χ1v) is 8.46. The molecule has 0 N–H and O–H groups in total. The number of benzene rings is 2. The second kappa shape index (κ2) is 7.18. The zero-order valence-electron chi connectivity index (χ0n) is 13.1. The topological polar surface area (TPSA) is 48.2 Å². The van der Waals surface area contributed by atoms with Crippen LogP contribution in [-0.2, 0) is 12.8 Å². The summed E-state index contributed by atoms with van der Waals surface area (Å²) < 4.78 is 49.7. The maximum Gasteiger partial charge on any atom is 0.417 e. The van der Waals surface area contributed by atoms with Crippen LogP contribution >= 0.6 is 11.8 Å². The molecule has 1 aromatic heterocycles. The Bertz CT molecular complexity index is 848. The van der Waals surface area contributed by atoms with Crippen molar-refractivity contribution in [3.05, 3.63) is 59.9 Å². The van der Waals surface area contributed by atoms with E-state index in [4.69, 9.17) is 9.26 Å². The van der Waals surface area contributed by atoms with Crippen LogP contribution < -0.4 is 4.74 Å². The Kier molecular flexibility index (Phi) is 4.98. The zero-order valence-corrected chi connectivity index (χ0v) is 13.9. The Hall–Kier alpha value is -2.48. The van der Waals surface area contributed by atoms with Gasteiger partial charge in [-0.3, -0.25) is 0 Å². The van der Waals surface area contributed by atoms with Crippen molar-refractivity contribution in [1.29, 1.82) is 0 Å². The van der Waals surface area contributed by atoms with Crippen LogP contribution in [0.25, 0.3) is 11.5 Å². The standard InChI is InChI=1S/C17H13F3N2O2S/c1-25-12-8-6-11(7-9-12)23-10-15-21-16(24-22-15)13-4-2-3-5-14(13)17(18,19)20/h2-9H,10H2,1H3. The molecular weight excluding hydrogens is 353 g/mol. The van der Waals surface area contributed by atoms with Crippen molar-refractivity contribution >= 4 is 11.8 Å². The van der Waals surface area contributed by atoms with E-state index in [0.717, 1.165) is 11.0 Å². The van der Waals surface area contributed by atoms with Gasteiger partial charge in [0.1, 0.15) is 5.75 Å². The summed E-state index contributed by atoms with van der Waals surface area (Å²) in [6, 6.07) is 12.5. The van der Waals surface area contributed by atoms with Crippen LogP contribution in [0.3, 0.4) is 0 Å². The number of rotatable bonds is 5. The van der Waals surface area contributed by atoms with Gasteiger partial charge in [0.15, 0.2) is 6.61 Å². The Morgan fingerprint density at radius 2 is 1.80 bits per heavy atom. The first-order valence-electron chi connectivity index (χ1n) is 7.23. The quantitative estimate of drug-likeness (QED) is 0.591. The van der Waals surface area contributed by atoms with E-state index in [9.17, 15) is 13.2 Å². The number of aromatic nitrogens is 2. The monoisotopic (exact) mass is 366 g/mol. The summed E-state index contributed by atoms with van der Waals surface area (Å²) in [5.74, 6) is 0.588. The number of nitrogens with zero attached hydrogens (tertiary/aromatic N) is 2. The minimum atomic E-state index is -4.50. The fourth-order valence-corrected chi connectivity index (χ4v) is 2.57. The van der Waals surface area contributed by atoms with E-state index in [1.165, 1.54) is 18.2 Å². The first kappa shape index (κ1) is 17.3. The van der Waals surface area contributed by atoms with E-state index in [2.05, 4.69) is 10.1 Å². The lowest BCUT2D eigenvalue weighted by Crippen LogP contribution is -2.07. The van der Waals surface area contributed by atoms with Crippen molar-refractivity contribution < 1.29 is 22.4 Å². The molecule has 0 aliphatic carbocycles. The SMILES string of the molecule is CSc1ccc(OCc2noc(-c3ccccc3C(F)(F)F)n2)cc1. The van der Waals surface area contributed by atoms with Gasteiger partial charge in [0.25, 0.3) is 5.89 Å².